The molecule has 1 aliphatic heterocycles. The molecule has 1 N–H and O–H groups in total. The lowest BCUT2D eigenvalue weighted by Crippen LogP contribution is -2.29. The molecule has 2 unspecified atom stereocenters. The van der Waals surface area contributed by atoms with Crippen molar-refractivity contribution in [2.45, 2.75) is 39.2 Å². The van der Waals surface area contributed by atoms with Gasteiger partial charge in [0.15, 0.2) is 9.84 Å². The van der Waals surface area contributed by atoms with Gasteiger partial charge in [-0.05, 0) is 26.3 Å². The molecule has 5 heteroatoms. The quantitative estimate of drug-likeness (QED) is 0.753. The van der Waals surface area contributed by atoms with Crippen molar-refractivity contribution in [2.24, 2.45) is 5.92 Å². The first kappa shape index (κ1) is 13.6. The maximum atomic E-state index is 11.8. The van der Waals surface area contributed by atoms with Crippen LogP contribution in [-0.2, 0) is 14.6 Å². The highest BCUT2D eigenvalue weighted by atomic mass is 32.2. The van der Waals surface area contributed by atoms with E-state index in [4.69, 9.17) is 0 Å². The molecular formula is C11H21NO3S. The fourth-order valence-corrected chi connectivity index (χ4v) is 3.49. The third-order valence-electron chi connectivity index (χ3n) is 3.11. The summed E-state index contributed by atoms with van der Waals surface area (Å²) in [6, 6.07) is 0.196. The van der Waals surface area contributed by atoms with Crippen LogP contribution in [0.1, 0.15) is 33.1 Å². The van der Waals surface area contributed by atoms with Gasteiger partial charge in [-0.3, -0.25) is 4.79 Å². The molecule has 0 aliphatic carbocycles. The first-order valence-electron chi connectivity index (χ1n) is 5.93. The molecule has 1 saturated heterocycles. The Kier molecular flexibility index (Phi) is 4.92. The summed E-state index contributed by atoms with van der Waals surface area (Å²) in [5.41, 5.74) is 0. The van der Waals surface area contributed by atoms with Gasteiger partial charge < -0.3 is 5.32 Å². The van der Waals surface area contributed by atoms with Gasteiger partial charge in [-0.25, -0.2) is 8.42 Å². The zero-order valence-electron chi connectivity index (χ0n) is 10.0. The minimum Gasteiger partial charge on any atom is -0.314 e. The second kappa shape index (κ2) is 5.77. The fraction of sp³-hybridized carbons (Fsp3) is 0.909. The molecule has 1 aliphatic rings. The van der Waals surface area contributed by atoms with E-state index in [0.717, 1.165) is 13.0 Å². The van der Waals surface area contributed by atoms with Crippen molar-refractivity contribution in [1.82, 2.24) is 5.32 Å². The molecule has 0 radical (unpaired) electrons. The van der Waals surface area contributed by atoms with E-state index in [1.807, 2.05) is 13.8 Å². The first-order chi connectivity index (χ1) is 7.46. The first-order valence-corrected chi connectivity index (χ1v) is 7.75. The molecule has 0 aromatic carbocycles. The minimum atomic E-state index is -3.01. The maximum absolute atomic E-state index is 11.8. The number of Topliss-reactive ketones (excluding diaryl/α,β-unsaturated/α-hetero) is 1. The van der Waals surface area contributed by atoms with Crippen molar-refractivity contribution >= 4 is 15.6 Å². The Morgan fingerprint density at radius 2 is 2.06 bits per heavy atom. The second-order valence-electron chi connectivity index (χ2n) is 4.51. The molecule has 1 heterocycles. The highest BCUT2D eigenvalue weighted by molar-refractivity contribution is 7.91. The Hall–Kier alpha value is -0.420. The highest BCUT2D eigenvalue weighted by Crippen LogP contribution is 2.18. The SMILES string of the molecule is CCCS(=O)(=O)CCC(=O)C1CCNC1C. The third-order valence-corrected chi connectivity index (χ3v) is 4.97. The summed E-state index contributed by atoms with van der Waals surface area (Å²) in [4.78, 5) is 11.8. The third kappa shape index (κ3) is 3.87. The number of sulfone groups is 1. The van der Waals surface area contributed by atoms with Gasteiger partial charge in [0.05, 0.1) is 5.75 Å². The van der Waals surface area contributed by atoms with Gasteiger partial charge in [0.2, 0.25) is 0 Å². The van der Waals surface area contributed by atoms with Crippen LogP contribution in [0.2, 0.25) is 0 Å². The van der Waals surface area contributed by atoms with Crippen LogP contribution in [0, 0.1) is 5.92 Å². The Bertz CT molecular complexity index is 337. The molecule has 0 spiro atoms. The van der Waals surface area contributed by atoms with E-state index in [1.165, 1.54) is 0 Å². The van der Waals surface area contributed by atoms with Gasteiger partial charge in [-0.1, -0.05) is 6.92 Å². The number of rotatable bonds is 6. The summed E-state index contributed by atoms with van der Waals surface area (Å²) < 4.78 is 22.9. The normalized spacial score (nSPS) is 25.9. The van der Waals surface area contributed by atoms with Crippen molar-refractivity contribution < 1.29 is 13.2 Å². The molecule has 16 heavy (non-hydrogen) atoms. The standard InChI is InChI=1S/C11H21NO3S/c1-3-7-16(14,15)8-5-11(13)10-4-6-12-9(10)2/h9-10,12H,3-8H2,1-2H3. The molecule has 1 rings (SSSR count). The Balaban J connectivity index is 2.41. The molecule has 1 fully saturated rings. The van der Waals surface area contributed by atoms with Crippen LogP contribution < -0.4 is 5.32 Å². The van der Waals surface area contributed by atoms with Crippen LogP contribution in [0.3, 0.4) is 0 Å². The van der Waals surface area contributed by atoms with Crippen molar-refractivity contribution in [2.75, 3.05) is 18.1 Å². The molecule has 0 aromatic heterocycles. The molecular weight excluding hydrogens is 226 g/mol. The molecule has 2 atom stereocenters. The number of hydrogen-bond donors (Lipinski definition) is 1. The summed E-state index contributed by atoms with van der Waals surface area (Å²) in [5.74, 6) is 0.316. The van der Waals surface area contributed by atoms with E-state index in [0.29, 0.717) is 6.42 Å². The zero-order valence-corrected chi connectivity index (χ0v) is 10.8. The van der Waals surface area contributed by atoms with Crippen LogP contribution in [0.4, 0.5) is 0 Å². The fourth-order valence-electron chi connectivity index (χ4n) is 2.15. The average molecular weight is 247 g/mol. The van der Waals surface area contributed by atoms with E-state index < -0.39 is 9.84 Å². The molecule has 0 aromatic rings. The van der Waals surface area contributed by atoms with Crippen LogP contribution >= 0.6 is 0 Å². The largest absolute Gasteiger partial charge is 0.314 e. The van der Waals surface area contributed by atoms with E-state index >= 15 is 0 Å². The highest BCUT2D eigenvalue weighted by Gasteiger charge is 2.29. The molecule has 0 bridgehead atoms. The number of carbonyl (C=O) groups excluding carboxylic acids is 1. The van der Waals surface area contributed by atoms with Crippen LogP contribution in [0.25, 0.3) is 0 Å². The van der Waals surface area contributed by atoms with Gasteiger partial charge >= 0.3 is 0 Å². The lowest BCUT2D eigenvalue weighted by Gasteiger charge is -2.13. The Morgan fingerprint density at radius 3 is 2.56 bits per heavy atom. The zero-order chi connectivity index (χ0) is 12.2. The van der Waals surface area contributed by atoms with E-state index in [-0.39, 0.29) is 35.7 Å². The Labute approximate surface area is 97.7 Å². The second-order valence-corrected chi connectivity index (χ2v) is 6.81. The summed E-state index contributed by atoms with van der Waals surface area (Å²) in [6.07, 6.45) is 1.64. The maximum Gasteiger partial charge on any atom is 0.150 e. The van der Waals surface area contributed by atoms with Gasteiger partial charge in [-0.15, -0.1) is 0 Å². The summed E-state index contributed by atoms with van der Waals surface area (Å²) in [5, 5.41) is 3.20. The van der Waals surface area contributed by atoms with Crippen LogP contribution in [0.5, 0.6) is 0 Å². The van der Waals surface area contributed by atoms with Crippen LogP contribution in [-0.4, -0.2) is 38.3 Å². The smallest absolute Gasteiger partial charge is 0.150 e. The predicted octanol–water partition coefficient (Wildman–Crippen LogP) is 0.768. The number of ketones is 1. The van der Waals surface area contributed by atoms with Gasteiger partial charge in [-0.2, -0.15) is 0 Å². The van der Waals surface area contributed by atoms with E-state index in [2.05, 4.69) is 5.32 Å². The molecule has 0 amide bonds. The van der Waals surface area contributed by atoms with Crippen molar-refractivity contribution in [3.8, 4) is 0 Å². The van der Waals surface area contributed by atoms with Crippen LogP contribution in [0.15, 0.2) is 0 Å². The number of hydrogen-bond acceptors (Lipinski definition) is 4. The topological polar surface area (TPSA) is 63.2 Å². The van der Waals surface area contributed by atoms with Gasteiger partial charge in [0, 0.05) is 24.1 Å². The van der Waals surface area contributed by atoms with E-state index in [1.54, 1.807) is 0 Å². The van der Waals surface area contributed by atoms with Crippen molar-refractivity contribution in [3.05, 3.63) is 0 Å². The summed E-state index contributed by atoms with van der Waals surface area (Å²) in [7, 11) is -3.01. The van der Waals surface area contributed by atoms with Gasteiger partial charge in [0.25, 0.3) is 0 Å². The number of nitrogens with one attached hydrogen (secondary N) is 1. The van der Waals surface area contributed by atoms with Gasteiger partial charge in [0.1, 0.15) is 5.78 Å². The average Bonchev–Trinajstić information content (AvgIpc) is 2.61. The minimum absolute atomic E-state index is 0.0110. The molecule has 4 nitrogen and oxygen atoms in total. The van der Waals surface area contributed by atoms with Crippen molar-refractivity contribution in [1.29, 1.82) is 0 Å². The summed E-state index contributed by atoms with van der Waals surface area (Å²) >= 11 is 0. The van der Waals surface area contributed by atoms with E-state index in [9.17, 15) is 13.2 Å². The Morgan fingerprint density at radius 1 is 1.38 bits per heavy atom. The number of carbonyl (C=O) groups is 1. The lowest BCUT2D eigenvalue weighted by atomic mass is 9.95. The van der Waals surface area contributed by atoms with Crippen molar-refractivity contribution in [3.63, 3.8) is 0 Å². The molecule has 0 saturated carbocycles. The molecule has 94 valence electrons. The monoisotopic (exact) mass is 247 g/mol. The lowest BCUT2D eigenvalue weighted by molar-refractivity contribution is -0.122. The summed E-state index contributed by atoms with van der Waals surface area (Å²) in [6.45, 7) is 4.68. The predicted molar refractivity (Wildman–Crippen MR) is 64.1 cm³/mol.